The average Bonchev–Trinajstić information content (AvgIpc) is 2.37. The molecule has 2 aromatic heterocycles. The second-order valence-electron chi connectivity index (χ2n) is 4.18. The van der Waals surface area contributed by atoms with Crippen LogP contribution in [0, 0.1) is 6.92 Å². The summed E-state index contributed by atoms with van der Waals surface area (Å²) in [7, 11) is 0. The first-order valence-electron chi connectivity index (χ1n) is 5.96. The van der Waals surface area contributed by atoms with Crippen molar-refractivity contribution >= 4 is 23.5 Å². The van der Waals surface area contributed by atoms with E-state index < -0.39 is 11.5 Å². The van der Waals surface area contributed by atoms with Crippen LogP contribution in [-0.4, -0.2) is 32.1 Å². The van der Waals surface area contributed by atoms with E-state index in [9.17, 15) is 14.4 Å². The van der Waals surface area contributed by atoms with E-state index in [1.165, 1.54) is 11.8 Å². The highest BCUT2D eigenvalue weighted by Gasteiger charge is 2.11. The van der Waals surface area contributed by atoms with Crippen LogP contribution in [0.1, 0.15) is 22.1 Å². The molecule has 0 radical (unpaired) electrons. The van der Waals surface area contributed by atoms with Crippen LogP contribution >= 0.6 is 11.8 Å². The number of hydrogen-bond donors (Lipinski definition) is 3. The molecule has 0 atom stereocenters. The van der Waals surface area contributed by atoms with Gasteiger partial charge in [0.25, 0.3) is 17.0 Å². The molecule has 2 heterocycles. The highest BCUT2D eigenvalue weighted by atomic mass is 32.2. The van der Waals surface area contributed by atoms with Crippen molar-refractivity contribution in [3.63, 3.8) is 0 Å². The average molecular weight is 307 g/mol. The standard InChI is InChI=1S/C12H13N5O3S/c1-6-13-8(4-11(19)14-6)17-12(20)7-3-10(18)16-9(15-7)5-21-2/h3-4H,5H2,1-2H3,(H,15,16,18)(H2,13,14,17,19,20). The minimum absolute atomic E-state index is 0.0254. The number of nitrogens with one attached hydrogen (secondary N) is 3. The molecule has 8 nitrogen and oxygen atoms in total. The number of amides is 1. The Balaban J connectivity index is 2.27. The molecule has 2 aromatic rings. The molecule has 3 N–H and O–H groups in total. The second kappa shape index (κ2) is 6.35. The van der Waals surface area contributed by atoms with E-state index in [4.69, 9.17) is 0 Å². The Hall–Kier alpha value is -2.42. The number of aromatic nitrogens is 4. The Labute approximate surface area is 123 Å². The summed E-state index contributed by atoms with van der Waals surface area (Å²) in [5.74, 6) is 0.782. The number of nitrogens with zero attached hydrogens (tertiary/aromatic N) is 2. The van der Waals surface area contributed by atoms with Crippen LogP contribution in [0.15, 0.2) is 21.7 Å². The SMILES string of the molecule is CSCc1nc(C(=O)Nc2cc(=O)[nH]c(C)n2)cc(=O)[nH]1. The maximum absolute atomic E-state index is 12.1. The lowest BCUT2D eigenvalue weighted by Gasteiger charge is -2.05. The normalized spacial score (nSPS) is 10.4. The summed E-state index contributed by atoms with van der Waals surface area (Å²) in [4.78, 5) is 47.9. The molecule has 21 heavy (non-hydrogen) atoms. The molecule has 0 aromatic carbocycles. The van der Waals surface area contributed by atoms with E-state index in [1.807, 2.05) is 6.26 Å². The number of thioether (sulfide) groups is 1. The van der Waals surface area contributed by atoms with E-state index in [1.54, 1.807) is 6.92 Å². The molecule has 0 bridgehead atoms. The molecule has 9 heteroatoms. The number of anilines is 1. The fourth-order valence-corrected chi connectivity index (χ4v) is 2.06. The monoisotopic (exact) mass is 307 g/mol. The quantitative estimate of drug-likeness (QED) is 0.746. The maximum atomic E-state index is 12.1. The van der Waals surface area contributed by atoms with Crippen LogP contribution in [0.25, 0.3) is 0 Å². The van der Waals surface area contributed by atoms with Gasteiger partial charge in [0.15, 0.2) is 0 Å². The topological polar surface area (TPSA) is 121 Å². The summed E-state index contributed by atoms with van der Waals surface area (Å²) in [6.45, 7) is 1.60. The van der Waals surface area contributed by atoms with E-state index in [-0.39, 0.29) is 17.1 Å². The fourth-order valence-electron chi connectivity index (χ4n) is 1.65. The molecular formula is C12H13N5O3S. The second-order valence-corrected chi connectivity index (χ2v) is 5.05. The lowest BCUT2D eigenvalue weighted by Crippen LogP contribution is -2.22. The molecule has 0 aliphatic carbocycles. The van der Waals surface area contributed by atoms with Crippen molar-refractivity contribution in [2.45, 2.75) is 12.7 Å². The third-order valence-corrected chi connectivity index (χ3v) is 2.97. The van der Waals surface area contributed by atoms with Crippen molar-refractivity contribution in [1.29, 1.82) is 0 Å². The molecule has 0 saturated heterocycles. The van der Waals surface area contributed by atoms with Gasteiger partial charge in [0.05, 0.1) is 5.75 Å². The van der Waals surface area contributed by atoms with E-state index >= 15 is 0 Å². The zero-order valence-corrected chi connectivity index (χ0v) is 12.2. The van der Waals surface area contributed by atoms with Crippen molar-refractivity contribution in [1.82, 2.24) is 19.9 Å². The molecule has 0 fully saturated rings. The Kier molecular flexibility index (Phi) is 4.53. The predicted octanol–water partition coefficient (Wildman–Crippen LogP) is 0.277. The van der Waals surface area contributed by atoms with Crippen LogP contribution in [0.5, 0.6) is 0 Å². The summed E-state index contributed by atoms with van der Waals surface area (Å²) in [5, 5.41) is 2.44. The molecule has 0 spiro atoms. The van der Waals surface area contributed by atoms with Crippen LogP contribution in [0.2, 0.25) is 0 Å². The molecule has 0 unspecified atom stereocenters. The van der Waals surface area contributed by atoms with Crippen LogP contribution in [0.3, 0.4) is 0 Å². The molecule has 2 rings (SSSR count). The molecule has 0 aliphatic heterocycles. The number of aryl methyl sites for hydroxylation is 1. The van der Waals surface area contributed by atoms with Gasteiger partial charge in [-0.25, -0.2) is 9.97 Å². The molecule has 0 saturated carbocycles. The summed E-state index contributed by atoms with van der Waals surface area (Å²) in [5.41, 5.74) is -0.809. The minimum atomic E-state index is -0.596. The van der Waals surface area contributed by atoms with Crippen molar-refractivity contribution in [2.24, 2.45) is 0 Å². The fraction of sp³-hybridized carbons (Fsp3) is 0.250. The third-order valence-electron chi connectivity index (χ3n) is 2.41. The Morgan fingerprint density at radius 3 is 2.62 bits per heavy atom. The maximum Gasteiger partial charge on any atom is 0.275 e. The first-order chi connectivity index (χ1) is 9.97. The smallest absolute Gasteiger partial charge is 0.275 e. The van der Waals surface area contributed by atoms with Gasteiger partial charge < -0.3 is 15.3 Å². The van der Waals surface area contributed by atoms with Crippen LogP contribution < -0.4 is 16.4 Å². The van der Waals surface area contributed by atoms with Gasteiger partial charge in [0.2, 0.25) is 0 Å². The minimum Gasteiger partial charge on any atom is -0.311 e. The Morgan fingerprint density at radius 2 is 1.95 bits per heavy atom. The highest BCUT2D eigenvalue weighted by molar-refractivity contribution is 7.97. The van der Waals surface area contributed by atoms with Gasteiger partial charge in [-0.2, -0.15) is 11.8 Å². The van der Waals surface area contributed by atoms with Gasteiger partial charge in [-0.1, -0.05) is 0 Å². The number of hydrogen-bond acceptors (Lipinski definition) is 6. The molecule has 110 valence electrons. The number of aromatic amines is 2. The van der Waals surface area contributed by atoms with Crippen LogP contribution in [0.4, 0.5) is 5.82 Å². The Morgan fingerprint density at radius 1 is 1.24 bits per heavy atom. The first kappa shape index (κ1) is 15.0. The number of rotatable bonds is 4. The third kappa shape index (κ3) is 4.02. The van der Waals surface area contributed by atoms with Crippen molar-refractivity contribution in [3.05, 3.63) is 50.2 Å². The lowest BCUT2D eigenvalue weighted by molar-refractivity contribution is 0.102. The molecule has 0 aliphatic rings. The number of H-pyrrole nitrogens is 2. The van der Waals surface area contributed by atoms with Gasteiger partial charge in [0.1, 0.15) is 23.2 Å². The predicted molar refractivity (Wildman–Crippen MR) is 79.6 cm³/mol. The number of carbonyl (C=O) groups is 1. The molecular weight excluding hydrogens is 294 g/mol. The van der Waals surface area contributed by atoms with E-state index in [0.29, 0.717) is 17.4 Å². The van der Waals surface area contributed by atoms with Crippen molar-refractivity contribution in [2.75, 3.05) is 11.6 Å². The first-order valence-corrected chi connectivity index (χ1v) is 7.36. The van der Waals surface area contributed by atoms with Gasteiger partial charge in [0, 0.05) is 12.1 Å². The summed E-state index contributed by atoms with van der Waals surface area (Å²) in [6.07, 6.45) is 1.86. The summed E-state index contributed by atoms with van der Waals surface area (Å²) < 4.78 is 0. The lowest BCUT2D eigenvalue weighted by atomic mass is 10.3. The van der Waals surface area contributed by atoms with Gasteiger partial charge >= 0.3 is 0 Å². The largest absolute Gasteiger partial charge is 0.311 e. The molecule has 1 amide bonds. The van der Waals surface area contributed by atoms with E-state index in [0.717, 1.165) is 12.1 Å². The van der Waals surface area contributed by atoms with Gasteiger partial charge in [-0.05, 0) is 13.2 Å². The van der Waals surface area contributed by atoms with E-state index in [2.05, 4.69) is 25.3 Å². The van der Waals surface area contributed by atoms with Gasteiger partial charge in [-0.15, -0.1) is 0 Å². The summed E-state index contributed by atoms with van der Waals surface area (Å²) >= 11 is 1.47. The number of carbonyl (C=O) groups excluding carboxylic acids is 1. The highest BCUT2D eigenvalue weighted by Crippen LogP contribution is 2.05. The zero-order chi connectivity index (χ0) is 15.4. The van der Waals surface area contributed by atoms with Crippen LogP contribution in [-0.2, 0) is 5.75 Å². The van der Waals surface area contributed by atoms with Gasteiger partial charge in [-0.3, -0.25) is 14.4 Å². The van der Waals surface area contributed by atoms with Crippen molar-refractivity contribution < 1.29 is 4.79 Å². The zero-order valence-electron chi connectivity index (χ0n) is 11.4. The van der Waals surface area contributed by atoms with Crippen molar-refractivity contribution in [3.8, 4) is 0 Å². The summed E-state index contributed by atoms with van der Waals surface area (Å²) in [6, 6.07) is 2.25. The Bertz CT molecular complexity index is 783.